The van der Waals surface area contributed by atoms with Gasteiger partial charge in [0.25, 0.3) is 0 Å². The fraction of sp³-hybridized carbons (Fsp3) is 0.571. The zero-order valence-electron chi connectivity index (χ0n) is 10.4. The Labute approximate surface area is 114 Å². The van der Waals surface area contributed by atoms with Crippen molar-refractivity contribution in [2.75, 3.05) is 6.54 Å². The second-order valence-electron chi connectivity index (χ2n) is 5.44. The molecule has 0 radical (unpaired) electrons. The molecule has 1 saturated carbocycles. The summed E-state index contributed by atoms with van der Waals surface area (Å²) in [4.78, 5) is 0. The zero-order chi connectivity index (χ0) is 12.5. The molecule has 0 bridgehead atoms. The van der Waals surface area contributed by atoms with Crippen molar-refractivity contribution in [3.05, 3.63) is 33.8 Å². The van der Waals surface area contributed by atoms with Crippen LogP contribution in [0.3, 0.4) is 0 Å². The van der Waals surface area contributed by atoms with Crippen molar-refractivity contribution in [2.45, 2.75) is 39.2 Å². The average Bonchev–Trinajstić information content (AvgIpc) is 2.27. The Bertz CT molecular complexity index is 399. The van der Waals surface area contributed by atoms with E-state index in [1.54, 1.807) is 0 Å². The van der Waals surface area contributed by atoms with Crippen LogP contribution in [0.15, 0.2) is 18.2 Å². The molecule has 1 aliphatic carbocycles. The Morgan fingerprint density at radius 3 is 2.53 bits per heavy atom. The van der Waals surface area contributed by atoms with Crippen LogP contribution in [0.25, 0.3) is 0 Å². The van der Waals surface area contributed by atoms with Gasteiger partial charge in [0.2, 0.25) is 0 Å². The smallest absolute Gasteiger partial charge is 0.0595 e. The Morgan fingerprint density at radius 1 is 1.29 bits per heavy atom. The molecule has 3 heteroatoms. The van der Waals surface area contributed by atoms with Crippen molar-refractivity contribution >= 4 is 23.2 Å². The third-order valence-corrected chi connectivity index (χ3v) is 4.58. The third-order valence-electron chi connectivity index (χ3n) is 3.84. The van der Waals surface area contributed by atoms with Crippen molar-refractivity contribution in [3.63, 3.8) is 0 Å². The number of halogens is 2. The van der Waals surface area contributed by atoms with Crippen LogP contribution in [0.4, 0.5) is 0 Å². The highest BCUT2D eigenvalue weighted by Crippen LogP contribution is 2.40. The quantitative estimate of drug-likeness (QED) is 0.827. The molecule has 1 aromatic carbocycles. The van der Waals surface area contributed by atoms with Crippen LogP contribution in [0.1, 0.15) is 44.7 Å². The largest absolute Gasteiger partial charge is 0.310 e. The van der Waals surface area contributed by atoms with Crippen LogP contribution < -0.4 is 5.32 Å². The molecule has 1 atom stereocenters. The average molecular weight is 272 g/mol. The summed E-state index contributed by atoms with van der Waals surface area (Å²) in [6.07, 6.45) is 4.06. The van der Waals surface area contributed by atoms with Crippen molar-refractivity contribution < 1.29 is 0 Å². The van der Waals surface area contributed by atoms with Crippen molar-refractivity contribution in [1.82, 2.24) is 5.32 Å². The van der Waals surface area contributed by atoms with Crippen molar-refractivity contribution in [2.24, 2.45) is 5.41 Å². The summed E-state index contributed by atoms with van der Waals surface area (Å²) in [6, 6.07) is 6.17. The third kappa shape index (κ3) is 3.15. The molecule has 1 N–H and O–H groups in total. The maximum absolute atomic E-state index is 6.03. The van der Waals surface area contributed by atoms with Gasteiger partial charge in [0.15, 0.2) is 0 Å². The summed E-state index contributed by atoms with van der Waals surface area (Å²) < 4.78 is 0. The molecule has 0 spiro atoms. The van der Waals surface area contributed by atoms with Gasteiger partial charge < -0.3 is 5.32 Å². The summed E-state index contributed by atoms with van der Waals surface area (Å²) >= 11 is 11.9. The molecule has 1 fully saturated rings. The topological polar surface area (TPSA) is 12.0 Å². The van der Waals surface area contributed by atoms with Crippen LogP contribution in [0.5, 0.6) is 0 Å². The molecule has 1 unspecified atom stereocenters. The van der Waals surface area contributed by atoms with Gasteiger partial charge in [-0.2, -0.15) is 0 Å². The number of rotatable bonds is 4. The molecular weight excluding hydrogens is 253 g/mol. The van der Waals surface area contributed by atoms with E-state index in [0.717, 1.165) is 6.54 Å². The lowest BCUT2D eigenvalue weighted by Gasteiger charge is -2.39. The predicted molar refractivity (Wildman–Crippen MR) is 74.8 cm³/mol. The standard InChI is InChI=1S/C14H19Cl2N/c1-10(17-9-14(2)6-3-7-14)11-4-5-12(15)13(16)8-11/h4-5,8,10,17H,3,6-7,9H2,1-2H3. The van der Waals surface area contributed by atoms with E-state index in [4.69, 9.17) is 23.2 Å². The van der Waals surface area contributed by atoms with Crippen LogP contribution in [-0.4, -0.2) is 6.54 Å². The van der Waals surface area contributed by atoms with Crippen LogP contribution in [0.2, 0.25) is 10.0 Å². The highest BCUT2D eigenvalue weighted by molar-refractivity contribution is 6.42. The zero-order valence-corrected chi connectivity index (χ0v) is 11.9. The number of hydrogen-bond donors (Lipinski definition) is 1. The van der Waals surface area contributed by atoms with Gasteiger partial charge in [-0.15, -0.1) is 0 Å². The lowest BCUT2D eigenvalue weighted by Crippen LogP contribution is -2.38. The van der Waals surface area contributed by atoms with Crippen LogP contribution in [0, 0.1) is 5.41 Å². The van der Waals surface area contributed by atoms with Gasteiger partial charge in [-0.1, -0.05) is 42.6 Å². The van der Waals surface area contributed by atoms with Gasteiger partial charge >= 0.3 is 0 Å². The molecule has 2 rings (SSSR count). The van der Waals surface area contributed by atoms with Gasteiger partial charge in [0.05, 0.1) is 10.0 Å². The number of hydrogen-bond acceptors (Lipinski definition) is 1. The molecule has 17 heavy (non-hydrogen) atoms. The summed E-state index contributed by atoms with van der Waals surface area (Å²) in [5.41, 5.74) is 1.70. The molecular formula is C14H19Cl2N. The van der Waals surface area contributed by atoms with Gasteiger partial charge in [0.1, 0.15) is 0 Å². The second kappa shape index (κ2) is 5.17. The Hall–Kier alpha value is -0.240. The lowest BCUT2D eigenvalue weighted by atomic mass is 9.70. The van der Waals surface area contributed by atoms with Gasteiger partial charge in [0, 0.05) is 12.6 Å². The Balaban J connectivity index is 1.94. The number of benzene rings is 1. The van der Waals surface area contributed by atoms with E-state index in [0.29, 0.717) is 21.5 Å². The predicted octanol–water partition coefficient (Wildman–Crippen LogP) is 4.83. The normalized spacial score (nSPS) is 19.8. The minimum Gasteiger partial charge on any atom is -0.310 e. The molecule has 1 aromatic rings. The van der Waals surface area contributed by atoms with E-state index in [1.807, 2.05) is 18.2 Å². The molecule has 0 saturated heterocycles. The molecule has 1 aliphatic rings. The highest BCUT2D eigenvalue weighted by Gasteiger charge is 2.31. The van der Waals surface area contributed by atoms with E-state index in [1.165, 1.54) is 24.8 Å². The minimum atomic E-state index is 0.321. The highest BCUT2D eigenvalue weighted by atomic mass is 35.5. The molecule has 0 heterocycles. The van der Waals surface area contributed by atoms with Crippen molar-refractivity contribution in [3.8, 4) is 0 Å². The molecule has 0 aromatic heterocycles. The molecule has 1 nitrogen and oxygen atoms in total. The summed E-state index contributed by atoms with van der Waals surface area (Å²) in [6.45, 7) is 5.60. The van der Waals surface area contributed by atoms with Crippen LogP contribution >= 0.6 is 23.2 Å². The van der Waals surface area contributed by atoms with Crippen molar-refractivity contribution in [1.29, 1.82) is 0 Å². The van der Waals surface area contributed by atoms with E-state index < -0.39 is 0 Å². The van der Waals surface area contributed by atoms with Gasteiger partial charge in [-0.25, -0.2) is 0 Å². The fourth-order valence-corrected chi connectivity index (χ4v) is 2.56. The first-order valence-corrected chi connectivity index (χ1v) is 6.94. The second-order valence-corrected chi connectivity index (χ2v) is 6.25. The first-order valence-electron chi connectivity index (χ1n) is 6.18. The maximum Gasteiger partial charge on any atom is 0.0595 e. The summed E-state index contributed by atoms with van der Waals surface area (Å²) in [5, 5.41) is 4.84. The lowest BCUT2D eigenvalue weighted by molar-refractivity contribution is 0.152. The van der Waals surface area contributed by atoms with E-state index in [-0.39, 0.29) is 0 Å². The van der Waals surface area contributed by atoms with E-state index in [2.05, 4.69) is 19.2 Å². The number of nitrogens with one attached hydrogen (secondary N) is 1. The molecule has 0 amide bonds. The summed E-state index contributed by atoms with van der Waals surface area (Å²) in [5.74, 6) is 0. The minimum absolute atomic E-state index is 0.321. The van der Waals surface area contributed by atoms with Gasteiger partial charge in [-0.05, 0) is 42.9 Å². The van der Waals surface area contributed by atoms with E-state index in [9.17, 15) is 0 Å². The molecule has 0 aliphatic heterocycles. The first kappa shape index (κ1) is 13.2. The Kier molecular flexibility index (Phi) is 4.02. The summed E-state index contributed by atoms with van der Waals surface area (Å²) in [7, 11) is 0. The van der Waals surface area contributed by atoms with Gasteiger partial charge in [-0.3, -0.25) is 0 Å². The monoisotopic (exact) mass is 271 g/mol. The fourth-order valence-electron chi connectivity index (χ4n) is 2.26. The SMILES string of the molecule is CC(NCC1(C)CCC1)c1ccc(Cl)c(Cl)c1. The maximum atomic E-state index is 6.03. The molecule has 94 valence electrons. The Morgan fingerprint density at radius 2 is 2.00 bits per heavy atom. The van der Waals surface area contributed by atoms with E-state index >= 15 is 0 Å². The van der Waals surface area contributed by atoms with Crippen LogP contribution in [-0.2, 0) is 0 Å². The first-order chi connectivity index (χ1) is 8.00.